The van der Waals surface area contributed by atoms with Gasteiger partial charge < -0.3 is 5.11 Å². The summed E-state index contributed by atoms with van der Waals surface area (Å²) in [7, 11) is -3.38. The van der Waals surface area contributed by atoms with Crippen molar-refractivity contribution in [1.82, 2.24) is 8.61 Å². The van der Waals surface area contributed by atoms with Gasteiger partial charge >= 0.3 is 0 Å². The molecule has 5 nitrogen and oxygen atoms in total. The maximum Gasteiger partial charge on any atom is 0.282 e. The van der Waals surface area contributed by atoms with Gasteiger partial charge in [-0.05, 0) is 26.7 Å². The van der Waals surface area contributed by atoms with Gasteiger partial charge in [-0.15, -0.1) is 0 Å². The maximum absolute atomic E-state index is 12.2. The minimum absolute atomic E-state index is 0.141. The van der Waals surface area contributed by atoms with Gasteiger partial charge in [0.05, 0.1) is 5.60 Å². The molecule has 1 rings (SSSR count). The molecule has 0 aromatic carbocycles. The average Bonchev–Trinajstić information content (AvgIpc) is 2.65. The lowest BCUT2D eigenvalue weighted by atomic mass is 10.1. The first kappa shape index (κ1) is 13.9. The maximum atomic E-state index is 12.2. The summed E-state index contributed by atoms with van der Waals surface area (Å²) in [4.78, 5) is 0. The highest BCUT2D eigenvalue weighted by Gasteiger charge is 2.33. The van der Waals surface area contributed by atoms with Crippen LogP contribution in [0, 0.1) is 0 Å². The molecule has 1 saturated heterocycles. The quantitative estimate of drug-likeness (QED) is 0.769. The number of rotatable bonds is 5. The summed E-state index contributed by atoms with van der Waals surface area (Å²) >= 11 is 0. The van der Waals surface area contributed by atoms with E-state index in [0.29, 0.717) is 19.6 Å². The number of hydrogen-bond donors (Lipinski definition) is 1. The third kappa shape index (κ3) is 3.41. The van der Waals surface area contributed by atoms with Gasteiger partial charge in [-0.3, -0.25) is 0 Å². The normalized spacial score (nSPS) is 19.6. The van der Waals surface area contributed by atoms with Crippen LogP contribution in [0.1, 0.15) is 33.6 Å². The lowest BCUT2D eigenvalue weighted by Crippen LogP contribution is -2.48. The Morgan fingerprint density at radius 3 is 2.19 bits per heavy atom. The molecule has 0 aliphatic carbocycles. The zero-order valence-corrected chi connectivity index (χ0v) is 11.1. The Balaban J connectivity index is 2.78. The highest BCUT2D eigenvalue weighted by Crippen LogP contribution is 2.18. The van der Waals surface area contributed by atoms with Gasteiger partial charge in [0.25, 0.3) is 10.2 Å². The van der Waals surface area contributed by atoms with Gasteiger partial charge in [0, 0.05) is 26.2 Å². The van der Waals surface area contributed by atoms with E-state index < -0.39 is 15.8 Å². The Morgan fingerprint density at radius 2 is 1.81 bits per heavy atom. The van der Waals surface area contributed by atoms with Gasteiger partial charge in [0.15, 0.2) is 0 Å². The second-order valence-electron chi connectivity index (χ2n) is 4.85. The molecule has 0 aromatic rings. The number of nitrogens with zero attached hydrogens (tertiary/aromatic N) is 2. The smallest absolute Gasteiger partial charge is 0.282 e. The predicted octanol–water partition coefficient (Wildman–Crippen LogP) is 0.420. The molecular formula is C10H22N2O3S. The van der Waals surface area contributed by atoms with Crippen molar-refractivity contribution >= 4 is 10.2 Å². The SMILES string of the molecule is CCN(CC(C)(C)O)S(=O)(=O)N1CCCC1. The van der Waals surface area contributed by atoms with E-state index in [0.717, 1.165) is 12.8 Å². The first-order valence-electron chi connectivity index (χ1n) is 5.75. The fourth-order valence-corrected chi connectivity index (χ4v) is 3.72. The molecule has 0 saturated carbocycles. The highest BCUT2D eigenvalue weighted by atomic mass is 32.2. The molecular weight excluding hydrogens is 228 g/mol. The molecule has 96 valence electrons. The van der Waals surface area contributed by atoms with Gasteiger partial charge in [-0.2, -0.15) is 17.0 Å². The Bertz CT molecular complexity index is 315. The molecule has 0 radical (unpaired) electrons. The van der Waals surface area contributed by atoms with Crippen molar-refractivity contribution in [2.75, 3.05) is 26.2 Å². The van der Waals surface area contributed by atoms with Crippen LogP contribution in [0.5, 0.6) is 0 Å². The standard InChI is InChI=1S/C10H22N2O3S/c1-4-11(9-10(2,3)13)16(14,15)12-7-5-6-8-12/h13H,4-9H2,1-3H3. The molecule has 1 N–H and O–H groups in total. The van der Waals surface area contributed by atoms with Gasteiger partial charge in [-0.1, -0.05) is 6.92 Å². The Kier molecular flexibility index (Phi) is 4.34. The van der Waals surface area contributed by atoms with E-state index in [9.17, 15) is 13.5 Å². The van der Waals surface area contributed by atoms with E-state index in [1.165, 1.54) is 8.61 Å². The fraction of sp³-hybridized carbons (Fsp3) is 1.00. The van der Waals surface area contributed by atoms with E-state index in [2.05, 4.69) is 0 Å². The third-order valence-electron chi connectivity index (χ3n) is 2.63. The summed E-state index contributed by atoms with van der Waals surface area (Å²) in [5, 5.41) is 9.70. The van der Waals surface area contributed by atoms with Gasteiger partial charge in [0.1, 0.15) is 0 Å². The minimum atomic E-state index is -3.38. The minimum Gasteiger partial charge on any atom is -0.389 e. The molecule has 1 aliphatic heterocycles. The predicted molar refractivity (Wildman–Crippen MR) is 63.3 cm³/mol. The van der Waals surface area contributed by atoms with E-state index in [1.54, 1.807) is 20.8 Å². The van der Waals surface area contributed by atoms with Crippen molar-refractivity contribution in [2.24, 2.45) is 0 Å². The molecule has 0 bridgehead atoms. The van der Waals surface area contributed by atoms with Crippen LogP contribution in [-0.2, 0) is 10.2 Å². The molecule has 0 unspecified atom stereocenters. The molecule has 0 atom stereocenters. The Labute approximate surface area is 98.2 Å². The summed E-state index contributed by atoms with van der Waals surface area (Å²) in [6.07, 6.45) is 1.86. The fourth-order valence-electron chi connectivity index (χ4n) is 1.87. The van der Waals surface area contributed by atoms with E-state index >= 15 is 0 Å². The van der Waals surface area contributed by atoms with Crippen LogP contribution >= 0.6 is 0 Å². The third-order valence-corrected chi connectivity index (χ3v) is 4.69. The average molecular weight is 250 g/mol. The van der Waals surface area contributed by atoms with Crippen LogP contribution in [0.25, 0.3) is 0 Å². The zero-order chi connectivity index (χ0) is 12.4. The van der Waals surface area contributed by atoms with Crippen molar-refractivity contribution in [3.8, 4) is 0 Å². The largest absolute Gasteiger partial charge is 0.389 e. The van der Waals surface area contributed by atoms with E-state index in [-0.39, 0.29) is 6.54 Å². The summed E-state index contributed by atoms with van der Waals surface area (Å²) < 4.78 is 27.2. The highest BCUT2D eigenvalue weighted by molar-refractivity contribution is 7.86. The first-order chi connectivity index (χ1) is 7.27. The molecule has 6 heteroatoms. The lowest BCUT2D eigenvalue weighted by Gasteiger charge is -2.30. The second kappa shape index (κ2) is 5.00. The van der Waals surface area contributed by atoms with Crippen LogP contribution in [0.2, 0.25) is 0 Å². The molecule has 0 amide bonds. The molecule has 16 heavy (non-hydrogen) atoms. The van der Waals surface area contributed by atoms with E-state index in [1.807, 2.05) is 0 Å². The summed E-state index contributed by atoms with van der Waals surface area (Å²) in [6, 6.07) is 0. The van der Waals surface area contributed by atoms with Crippen LogP contribution in [0.15, 0.2) is 0 Å². The second-order valence-corrected chi connectivity index (χ2v) is 6.78. The van der Waals surface area contributed by atoms with Crippen LogP contribution in [0.3, 0.4) is 0 Å². The van der Waals surface area contributed by atoms with Crippen molar-refractivity contribution in [3.63, 3.8) is 0 Å². The van der Waals surface area contributed by atoms with E-state index in [4.69, 9.17) is 0 Å². The molecule has 1 aliphatic rings. The Hall–Kier alpha value is -0.170. The van der Waals surface area contributed by atoms with Crippen LogP contribution in [-0.4, -0.2) is 53.9 Å². The molecule has 0 aromatic heterocycles. The summed E-state index contributed by atoms with van der Waals surface area (Å²) in [5.74, 6) is 0. The topological polar surface area (TPSA) is 60.9 Å². The molecule has 1 heterocycles. The van der Waals surface area contributed by atoms with Crippen molar-refractivity contribution in [2.45, 2.75) is 39.2 Å². The van der Waals surface area contributed by atoms with Crippen molar-refractivity contribution in [1.29, 1.82) is 0 Å². The molecule has 0 spiro atoms. The number of aliphatic hydroxyl groups is 1. The van der Waals surface area contributed by atoms with Gasteiger partial charge in [0.2, 0.25) is 0 Å². The van der Waals surface area contributed by atoms with Crippen molar-refractivity contribution in [3.05, 3.63) is 0 Å². The van der Waals surface area contributed by atoms with Crippen LogP contribution < -0.4 is 0 Å². The summed E-state index contributed by atoms with van der Waals surface area (Å²) in [5.41, 5.74) is -0.997. The van der Waals surface area contributed by atoms with Crippen molar-refractivity contribution < 1.29 is 13.5 Å². The summed E-state index contributed by atoms with van der Waals surface area (Å²) in [6.45, 7) is 6.77. The lowest BCUT2D eigenvalue weighted by molar-refractivity contribution is 0.0587. The zero-order valence-electron chi connectivity index (χ0n) is 10.3. The number of likely N-dealkylation sites (N-methyl/N-ethyl adjacent to an activating group) is 1. The Morgan fingerprint density at radius 1 is 1.31 bits per heavy atom. The van der Waals surface area contributed by atoms with Crippen LogP contribution in [0.4, 0.5) is 0 Å². The first-order valence-corrected chi connectivity index (χ1v) is 7.14. The number of hydrogen-bond acceptors (Lipinski definition) is 3. The van der Waals surface area contributed by atoms with Gasteiger partial charge in [-0.25, -0.2) is 0 Å². The molecule has 1 fully saturated rings. The monoisotopic (exact) mass is 250 g/mol.